The van der Waals surface area contributed by atoms with Gasteiger partial charge in [-0.25, -0.2) is 0 Å². The fourth-order valence-electron chi connectivity index (χ4n) is 3.37. The van der Waals surface area contributed by atoms with Gasteiger partial charge in [-0.15, -0.1) is 0 Å². The highest BCUT2D eigenvalue weighted by molar-refractivity contribution is 5.75. The van der Waals surface area contributed by atoms with Crippen molar-refractivity contribution in [3.05, 3.63) is 65.0 Å². The molecule has 2 heterocycles. The lowest BCUT2D eigenvalue weighted by Crippen LogP contribution is -2.48. The number of nitrogens with zero attached hydrogens (tertiary/aromatic N) is 3. The molecule has 1 fully saturated rings. The predicted molar refractivity (Wildman–Crippen MR) is 97.4 cm³/mol. The van der Waals surface area contributed by atoms with Crippen LogP contribution in [0.4, 0.5) is 0 Å². The summed E-state index contributed by atoms with van der Waals surface area (Å²) in [6.07, 6.45) is 3.67. The molecule has 1 aromatic heterocycles. The molecule has 1 N–H and O–H groups in total. The van der Waals surface area contributed by atoms with E-state index in [9.17, 15) is 9.90 Å². The number of rotatable bonds is 5. The first-order valence-corrected chi connectivity index (χ1v) is 8.70. The lowest BCUT2D eigenvalue weighted by Gasteiger charge is -2.38. The van der Waals surface area contributed by atoms with Crippen molar-refractivity contribution in [2.45, 2.75) is 26.4 Å². The topological polar surface area (TPSA) is 56.7 Å². The van der Waals surface area contributed by atoms with E-state index in [1.165, 1.54) is 11.1 Å². The first kappa shape index (κ1) is 17.6. The number of carboxylic acids is 1. The number of carbonyl (C=O) groups is 1. The van der Waals surface area contributed by atoms with E-state index in [1.807, 2.05) is 44.3 Å². The number of benzene rings is 1. The van der Waals surface area contributed by atoms with E-state index in [-0.39, 0.29) is 0 Å². The number of pyridine rings is 1. The van der Waals surface area contributed by atoms with Gasteiger partial charge in [0.2, 0.25) is 0 Å². The van der Waals surface area contributed by atoms with E-state index in [1.54, 1.807) is 6.20 Å². The monoisotopic (exact) mass is 339 g/mol. The second kappa shape index (κ2) is 7.76. The van der Waals surface area contributed by atoms with Crippen LogP contribution in [0.3, 0.4) is 0 Å². The summed E-state index contributed by atoms with van der Waals surface area (Å²) in [5.41, 5.74) is 4.39. The highest BCUT2D eigenvalue weighted by Gasteiger charge is 2.30. The van der Waals surface area contributed by atoms with Crippen molar-refractivity contribution in [2.24, 2.45) is 0 Å². The Bertz CT molecular complexity index is 725. The van der Waals surface area contributed by atoms with Gasteiger partial charge in [0.1, 0.15) is 6.04 Å². The van der Waals surface area contributed by atoms with Crippen LogP contribution in [0.25, 0.3) is 0 Å². The second-order valence-corrected chi connectivity index (χ2v) is 6.76. The Morgan fingerprint density at radius 2 is 1.92 bits per heavy atom. The smallest absolute Gasteiger partial charge is 0.325 e. The molecule has 1 atom stereocenters. The van der Waals surface area contributed by atoms with Crippen molar-refractivity contribution >= 4 is 5.97 Å². The molecule has 2 aromatic rings. The molecule has 0 saturated carbocycles. The molecule has 5 heteroatoms. The van der Waals surface area contributed by atoms with Crippen LogP contribution in [-0.4, -0.2) is 52.0 Å². The van der Waals surface area contributed by atoms with Gasteiger partial charge in [-0.2, -0.15) is 0 Å². The Kier molecular flexibility index (Phi) is 5.46. The van der Waals surface area contributed by atoms with E-state index in [0.717, 1.165) is 43.9 Å². The van der Waals surface area contributed by atoms with E-state index in [0.29, 0.717) is 0 Å². The van der Waals surface area contributed by atoms with Gasteiger partial charge >= 0.3 is 5.97 Å². The lowest BCUT2D eigenvalue weighted by atomic mass is 9.99. The van der Waals surface area contributed by atoms with E-state index in [2.05, 4.69) is 20.9 Å². The maximum atomic E-state index is 11.9. The first-order valence-electron chi connectivity index (χ1n) is 8.70. The van der Waals surface area contributed by atoms with Crippen molar-refractivity contribution in [3.8, 4) is 0 Å². The van der Waals surface area contributed by atoms with Crippen LogP contribution in [0.1, 0.15) is 28.3 Å². The maximum Gasteiger partial charge on any atom is 0.325 e. The molecular weight excluding hydrogens is 314 g/mol. The van der Waals surface area contributed by atoms with Gasteiger partial charge in [0, 0.05) is 45.1 Å². The third-order valence-electron chi connectivity index (χ3n) is 4.98. The quantitative estimate of drug-likeness (QED) is 0.907. The van der Waals surface area contributed by atoms with Gasteiger partial charge in [0.15, 0.2) is 0 Å². The Hall–Kier alpha value is -2.24. The van der Waals surface area contributed by atoms with Crippen molar-refractivity contribution < 1.29 is 9.90 Å². The fourth-order valence-corrected chi connectivity index (χ4v) is 3.37. The average molecular weight is 339 g/mol. The summed E-state index contributed by atoms with van der Waals surface area (Å²) >= 11 is 0. The van der Waals surface area contributed by atoms with Gasteiger partial charge < -0.3 is 5.11 Å². The third-order valence-corrected chi connectivity index (χ3v) is 4.98. The van der Waals surface area contributed by atoms with Crippen LogP contribution < -0.4 is 0 Å². The molecule has 5 nitrogen and oxygen atoms in total. The number of aliphatic carboxylic acids is 1. The molecule has 3 rings (SSSR count). The van der Waals surface area contributed by atoms with Crippen LogP contribution >= 0.6 is 0 Å². The minimum absolute atomic E-state index is 0.570. The highest BCUT2D eigenvalue weighted by atomic mass is 16.4. The first-order chi connectivity index (χ1) is 12.0. The normalized spacial score (nSPS) is 17.4. The standard InChI is InChI=1S/C20H25N3O2/c1-15-5-6-18(12-16(15)2)19(20(24)25)23-10-8-22(9-11-23)14-17-4-3-7-21-13-17/h3-7,12-13,19H,8-11,14H2,1-2H3,(H,24,25)/t19-/m1/s1. The van der Waals surface area contributed by atoms with Crippen LogP contribution in [-0.2, 0) is 11.3 Å². The third kappa shape index (κ3) is 4.24. The maximum absolute atomic E-state index is 11.9. The molecule has 1 saturated heterocycles. The highest BCUT2D eigenvalue weighted by Crippen LogP contribution is 2.25. The summed E-state index contributed by atoms with van der Waals surface area (Å²) < 4.78 is 0. The zero-order chi connectivity index (χ0) is 17.8. The Morgan fingerprint density at radius 1 is 1.16 bits per heavy atom. The van der Waals surface area contributed by atoms with E-state index >= 15 is 0 Å². The van der Waals surface area contributed by atoms with Crippen molar-refractivity contribution in [1.82, 2.24) is 14.8 Å². The summed E-state index contributed by atoms with van der Waals surface area (Å²) in [5.74, 6) is -0.774. The summed E-state index contributed by atoms with van der Waals surface area (Å²) in [5, 5.41) is 9.78. The molecule has 1 aromatic carbocycles. The number of aromatic nitrogens is 1. The van der Waals surface area contributed by atoms with Crippen LogP contribution in [0.2, 0.25) is 0 Å². The molecule has 0 radical (unpaired) electrons. The summed E-state index contributed by atoms with van der Waals surface area (Å²) in [6, 6.07) is 9.43. The number of piperazine rings is 1. The number of hydrogen-bond donors (Lipinski definition) is 1. The molecule has 1 aliphatic rings. The average Bonchev–Trinajstić information content (AvgIpc) is 2.60. The fraction of sp³-hybridized carbons (Fsp3) is 0.400. The molecule has 0 spiro atoms. The van der Waals surface area contributed by atoms with E-state index < -0.39 is 12.0 Å². The summed E-state index contributed by atoms with van der Waals surface area (Å²) in [7, 11) is 0. The molecular formula is C20H25N3O2. The zero-order valence-electron chi connectivity index (χ0n) is 14.9. The number of hydrogen-bond acceptors (Lipinski definition) is 4. The molecule has 0 unspecified atom stereocenters. The number of aryl methyl sites for hydroxylation is 2. The molecule has 0 bridgehead atoms. The van der Waals surface area contributed by atoms with Crippen molar-refractivity contribution in [1.29, 1.82) is 0 Å². The van der Waals surface area contributed by atoms with Gasteiger partial charge in [-0.05, 0) is 42.2 Å². The Balaban J connectivity index is 1.66. The summed E-state index contributed by atoms with van der Waals surface area (Å²) in [4.78, 5) is 20.5. The van der Waals surface area contributed by atoms with Crippen LogP contribution in [0, 0.1) is 13.8 Å². The minimum Gasteiger partial charge on any atom is -0.480 e. The molecule has 0 aliphatic carbocycles. The summed E-state index contributed by atoms with van der Waals surface area (Å²) in [6.45, 7) is 8.18. The minimum atomic E-state index is -0.774. The van der Waals surface area contributed by atoms with Crippen LogP contribution in [0.15, 0.2) is 42.7 Å². The Labute approximate surface area is 148 Å². The largest absolute Gasteiger partial charge is 0.480 e. The second-order valence-electron chi connectivity index (χ2n) is 6.76. The van der Waals surface area contributed by atoms with Gasteiger partial charge in [0.05, 0.1) is 0 Å². The van der Waals surface area contributed by atoms with Crippen molar-refractivity contribution in [3.63, 3.8) is 0 Å². The molecule has 132 valence electrons. The van der Waals surface area contributed by atoms with Crippen molar-refractivity contribution in [2.75, 3.05) is 26.2 Å². The van der Waals surface area contributed by atoms with Gasteiger partial charge in [-0.1, -0.05) is 24.3 Å². The Morgan fingerprint density at radius 3 is 2.52 bits per heavy atom. The zero-order valence-corrected chi connectivity index (χ0v) is 14.9. The van der Waals surface area contributed by atoms with E-state index in [4.69, 9.17) is 0 Å². The van der Waals surface area contributed by atoms with Gasteiger partial charge in [0.25, 0.3) is 0 Å². The predicted octanol–water partition coefficient (Wildman–Crippen LogP) is 2.64. The van der Waals surface area contributed by atoms with Crippen LogP contribution in [0.5, 0.6) is 0 Å². The lowest BCUT2D eigenvalue weighted by molar-refractivity contribution is -0.144. The molecule has 0 amide bonds. The SMILES string of the molecule is Cc1ccc([C@H](C(=O)O)N2CCN(Cc3cccnc3)CC2)cc1C. The molecule has 1 aliphatic heterocycles. The van der Waals surface area contributed by atoms with Gasteiger partial charge in [-0.3, -0.25) is 19.6 Å². The number of carboxylic acid groups (broad SMARTS) is 1. The molecule has 25 heavy (non-hydrogen) atoms.